The van der Waals surface area contributed by atoms with Gasteiger partial charge in [0, 0.05) is 45.0 Å². The molecule has 0 aliphatic carbocycles. The third-order valence-corrected chi connectivity index (χ3v) is 7.20. The van der Waals surface area contributed by atoms with E-state index in [0.29, 0.717) is 18.8 Å². The van der Waals surface area contributed by atoms with Crippen molar-refractivity contribution in [1.82, 2.24) is 14.1 Å². The fourth-order valence-electron chi connectivity index (χ4n) is 3.41. The fraction of sp³-hybridized carbons (Fsp3) is 0.611. The zero-order chi connectivity index (χ0) is 18.7. The smallest absolute Gasteiger partial charge is 0.243 e. The van der Waals surface area contributed by atoms with Crippen LogP contribution in [0.15, 0.2) is 29.2 Å². The lowest BCUT2D eigenvalue weighted by molar-refractivity contribution is -0.121. The van der Waals surface area contributed by atoms with Crippen molar-refractivity contribution in [1.29, 1.82) is 0 Å². The number of nitrogens with zero attached hydrogens (tertiary/aromatic N) is 3. The van der Waals surface area contributed by atoms with Gasteiger partial charge in [0.05, 0.1) is 10.9 Å². The minimum Gasteiger partial charge on any atom is -0.325 e. The molecule has 0 bridgehead atoms. The molecular weight excluding hydrogens is 352 g/mol. The molecule has 8 heteroatoms. The third-order valence-electron chi connectivity index (χ3n) is 5.29. The Morgan fingerprint density at radius 2 is 1.58 bits per heavy atom. The molecule has 144 valence electrons. The molecule has 2 heterocycles. The average Bonchev–Trinajstić information content (AvgIpc) is 3.18. The van der Waals surface area contributed by atoms with Crippen LogP contribution in [0.3, 0.4) is 0 Å². The summed E-state index contributed by atoms with van der Waals surface area (Å²) in [6, 6.07) is 6.26. The molecule has 2 fully saturated rings. The van der Waals surface area contributed by atoms with Crippen LogP contribution in [-0.4, -0.2) is 80.8 Å². The highest BCUT2D eigenvalue weighted by molar-refractivity contribution is 7.89. The third kappa shape index (κ3) is 4.25. The highest BCUT2D eigenvalue weighted by atomic mass is 32.2. The summed E-state index contributed by atoms with van der Waals surface area (Å²) in [4.78, 5) is 17.2. The molecule has 0 spiro atoms. The monoisotopic (exact) mass is 380 g/mol. The molecule has 2 saturated heterocycles. The summed E-state index contributed by atoms with van der Waals surface area (Å²) in [5.74, 6) is -0.0651. The minimum atomic E-state index is -3.41. The zero-order valence-electron chi connectivity index (χ0n) is 15.5. The summed E-state index contributed by atoms with van der Waals surface area (Å²) in [6.07, 6.45) is 1.83. The number of sulfonamides is 1. The van der Waals surface area contributed by atoms with E-state index in [1.807, 2.05) is 6.92 Å². The maximum absolute atomic E-state index is 12.5. The molecule has 7 nitrogen and oxygen atoms in total. The lowest BCUT2D eigenvalue weighted by Gasteiger charge is -2.35. The van der Waals surface area contributed by atoms with Gasteiger partial charge in [-0.2, -0.15) is 4.31 Å². The van der Waals surface area contributed by atoms with E-state index in [9.17, 15) is 13.2 Å². The van der Waals surface area contributed by atoms with Crippen LogP contribution >= 0.6 is 0 Å². The Hall–Kier alpha value is -1.48. The molecule has 1 aromatic carbocycles. The van der Waals surface area contributed by atoms with Crippen molar-refractivity contribution in [2.45, 2.75) is 30.7 Å². The van der Waals surface area contributed by atoms with Gasteiger partial charge in [0.2, 0.25) is 15.9 Å². The van der Waals surface area contributed by atoms with Crippen LogP contribution in [0.2, 0.25) is 0 Å². The first-order valence-electron chi connectivity index (χ1n) is 9.21. The molecule has 0 saturated carbocycles. The van der Waals surface area contributed by atoms with Crippen LogP contribution in [0.25, 0.3) is 0 Å². The van der Waals surface area contributed by atoms with Crippen LogP contribution in [0, 0.1) is 0 Å². The molecule has 2 aliphatic rings. The molecule has 3 rings (SSSR count). The number of anilines is 1. The number of hydrogen-bond donors (Lipinski definition) is 1. The largest absolute Gasteiger partial charge is 0.325 e. The second-order valence-corrected chi connectivity index (χ2v) is 9.08. The normalized spacial score (nSPS) is 21.6. The van der Waals surface area contributed by atoms with Crippen LogP contribution < -0.4 is 5.32 Å². The number of likely N-dealkylation sites (N-methyl/N-ethyl adjacent to an activating group) is 1. The molecule has 1 atom stereocenters. The first kappa shape index (κ1) is 19.3. The number of nitrogens with one attached hydrogen (secondary N) is 1. The number of hydrogen-bond acceptors (Lipinski definition) is 5. The Kier molecular flexibility index (Phi) is 5.96. The fourth-order valence-corrected chi connectivity index (χ4v) is 4.93. The lowest BCUT2D eigenvalue weighted by atomic mass is 10.2. The van der Waals surface area contributed by atoms with Gasteiger partial charge in [-0.3, -0.25) is 9.69 Å². The Balaban J connectivity index is 1.61. The van der Waals surface area contributed by atoms with Gasteiger partial charge in [-0.15, -0.1) is 0 Å². The van der Waals surface area contributed by atoms with Crippen molar-refractivity contribution >= 4 is 21.6 Å². The molecular formula is C18H28N4O3S. The van der Waals surface area contributed by atoms with Crippen molar-refractivity contribution in [2.75, 3.05) is 51.6 Å². The summed E-state index contributed by atoms with van der Waals surface area (Å²) in [5.41, 5.74) is 0.622. The Morgan fingerprint density at radius 3 is 2.15 bits per heavy atom. The standard InChI is InChI=1S/C18H28N4O3S/c1-15(21-13-11-20(2)12-14-21)18(23)19-16-5-7-17(8-6-16)26(24,25)22-9-3-4-10-22/h5-8,15H,3-4,9-14H2,1-2H3,(H,19,23)/t15-/m0/s1. The van der Waals surface area contributed by atoms with Gasteiger partial charge in [0.25, 0.3) is 0 Å². The second kappa shape index (κ2) is 8.04. The number of carbonyl (C=O) groups excluding carboxylic acids is 1. The van der Waals surface area contributed by atoms with E-state index < -0.39 is 10.0 Å². The zero-order valence-corrected chi connectivity index (χ0v) is 16.3. The summed E-state index contributed by atoms with van der Waals surface area (Å²) < 4.78 is 26.6. The van der Waals surface area contributed by atoms with E-state index in [0.717, 1.165) is 39.0 Å². The number of carbonyl (C=O) groups is 1. The summed E-state index contributed by atoms with van der Waals surface area (Å²) in [6.45, 7) is 6.75. The van der Waals surface area contributed by atoms with E-state index in [1.54, 1.807) is 24.3 Å². The number of amides is 1. The highest BCUT2D eigenvalue weighted by Crippen LogP contribution is 2.22. The first-order chi connectivity index (χ1) is 12.4. The van der Waals surface area contributed by atoms with Crippen LogP contribution in [0.4, 0.5) is 5.69 Å². The van der Waals surface area contributed by atoms with Crippen molar-refractivity contribution in [3.8, 4) is 0 Å². The molecule has 1 amide bonds. The Bertz CT molecular complexity index is 721. The van der Waals surface area contributed by atoms with Crippen LogP contribution in [-0.2, 0) is 14.8 Å². The highest BCUT2D eigenvalue weighted by Gasteiger charge is 2.27. The van der Waals surface area contributed by atoms with E-state index in [2.05, 4.69) is 22.2 Å². The molecule has 0 aromatic heterocycles. The summed E-state index contributed by atoms with van der Waals surface area (Å²) in [7, 11) is -1.33. The molecule has 26 heavy (non-hydrogen) atoms. The Labute approximate surface area is 156 Å². The molecule has 0 radical (unpaired) electrons. The first-order valence-corrected chi connectivity index (χ1v) is 10.7. The molecule has 1 aromatic rings. The number of piperazine rings is 1. The van der Waals surface area contributed by atoms with Crippen LogP contribution in [0.1, 0.15) is 19.8 Å². The summed E-state index contributed by atoms with van der Waals surface area (Å²) >= 11 is 0. The summed E-state index contributed by atoms with van der Waals surface area (Å²) in [5, 5.41) is 2.90. The number of rotatable bonds is 5. The topological polar surface area (TPSA) is 73.0 Å². The van der Waals surface area contributed by atoms with Gasteiger partial charge >= 0.3 is 0 Å². The van der Waals surface area contributed by atoms with Crippen molar-refractivity contribution in [3.05, 3.63) is 24.3 Å². The van der Waals surface area contributed by atoms with Gasteiger partial charge in [-0.25, -0.2) is 8.42 Å². The van der Waals surface area contributed by atoms with Crippen LogP contribution in [0.5, 0.6) is 0 Å². The van der Waals surface area contributed by atoms with Gasteiger partial charge in [0.1, 0.15) is 0 Å². The molecule has 1 N–H and O–H groups in total. The van der Waals surface area contributed by atoms with Gasteiger partial charge in [0.15, 0.2) is 0 Å². The Morgan fingerprint density at radius 1 is 1.00 bits per heavy atom. The predicted octanol–water partition coefficient (Wildman–Crippen LogP) is 1.05. The average molecular weight is 381 g/mol. The number of benzene rings is 1. The van der Waals surface area contributed by atoms with Crippen molar-refractivity contribution < 1.29 is 13.2 Å². The van der Waals surface area contributed by atoms with Gasteiger partial charge < -0.3 is 10.2 Å². The lowest BCUT2D eigenvalue weighted by Crippen LogP contribution is -2.51. The van der Waals surface area contributed by atoms with Gasteiger partial charge in [-0.1, -0.05) is 0 Å². The SMILES string of the molecule is C[C@@H](C(=O)Nc1ccc(S(=O)(=O)N2CCCC2)cc1)N1CCN(C)CC1. The van der Waals surface area contributed by atoms with Gasteiger partial charge in [-0.05, 0) is 51.1 Å². The molecule has 2 aliphatic heterocycles. The van der Waals surface area contributed by atoms with Crippen molar-refractivity contribution in [3.63, 3.8) is 0 Å². The van der Waals surface area contributed by atoms with E-state index in [4.69, 9.17) is 0 Å². The van der Waals surface area contributed by atoms with Crippen molar-refractivity contribution in [2.24, 2.45) is 0 Å². The second-order valence-electron chi connectivity index (χ2n) is 7.14. The van der Waals surface area contributed by atoms with E-state index in [-0.39, 0.29) is 16.8 Å². The maximum Gasteiger partial charge on any atom is 0.243 e. The van der Waals surface area contributed by atoms with E-state index in [1.165, 1.54) is 4.31 Å². The van der Waals surface area contributed by atoms with E-state index >= 15 is 0 Å². The quantitative estimate of drug-likeness (QED) is 0.827. The molecule has 0 unspecified atom stereocenters. The minimum absolute atomic E-state index is 0.0651. The predicted molar refractivity (Wildman–Crippen MR) is 102 cm³/mol. The maximum atomic E-state index is 12.5.